The van der Waals surface area contributed by atoms with E-state index < -0.39 is 6.04 Å². The van der Waals surface area contributed by atoms with Crippen molar-refractivity contribution in [2.75, 3.05) is 32.8 Å². The van der Waals surface area contributed by atoms with Gasteiger partial charge in [-0.25, -0.2) is 4.79 Å². The fourth-order valence-corrected chi connectivity index (χ4v) is 4.34. The average Bonchev–Trinajstić information content (AvgIpc) is 3.20. The molecule has 6 nitrogen and oxygen atoms in total. The zero-order valence-electron chi connectivity index (χ0n) is 16.4. The van der Waals surface area contributed by atoms with Gasteiger partial charge in [-0.15, -0.1) is 11.3 Å². The van der Waals surface area contributed by atoms with E-state index in [1.54, 1.807) is 36.1 Å². The molecular formula is C21H23ClN2O4S. The van der Waals surface area contributed by atoms with Gasteiger partial charge in [-0.2, -0.15) is 0 Å². The highest BCUT2D eigenvalue weighted by atomic mass is 35.5. The summed E-state index contributed by atoms with van der Waals surface area (Å²) in [5.74, 6) is -0.431. The number of esters is 1. The summed E-state index contributed by atoms with van der Waals surface area (Å²) in [7, 11) is 0. The van der Waals surface area contributed by atoms with Crippen LogP contribution in [-0.2, 0) is 9.53 Å². The summed E-state index contributed by atoms with van der Waals surface area (Å²) in [6.45, 7) is 5.66. The van der Waals surface area contributed by atoms with Crippen molar-refractivity contribution in [3.8, 4) is 0 Å². The fraction of sp³-hybridized carbons (Fsp3) is 0.381. The molecule has 1 fully saturated rings. The Bertz CT molecular complexity index is 888. The van der Waals surface area contributed by atoms with Gasteiger partial charge in [0, 0.05) is 31.2 Å². The molecule has 0 radical (unpaired) electrons. The molecular weight excluding hydrogens is 412 g/mol. The maximum absolute atomic E-state index is 12.8. The highest BCUT2D eigenvalue weighted by Crippen LogP contribution is 2.26. The molecule has 29 heavy (non-hydrogen) atoms. The zero-order chi connectivity index (χ0) is 21.0. The summed E-state index contributed by atoms with van der Waals surface area (Å²) in [6, 6.07) is 10.0. The third-order valence-electron chi connectivity index (χ3n) is 4.83. The standard InChI is InChI=1S/C21H23ClN2O4S/c1-3-28-21(27)19(15-4-6-16(22)7-5-15)23-10-12-24(13-11-23)20(26)18-9-8-17(29-18)14(2)25/h4-9,19H,3,10-13H2,1-2H3. The lowest BCUT2D eigenvalue weighted by molar-refractivity contribution is -0.150. The summed E-state index contributed by atoms with van der Waals surface area (Å²) in [5, 5.41) is 0.604. The molecule has 1 aliphatic rings. The molecule has 1 amide bonds. The first kappa shape index (κ1) is 21.5. The average molecular weight is 435 g/mol. The first-order chi connectivity index (χ1) is 13.9. The molecule has 1 aliphatic heterocycles. The van der Waals surface area contributed by atoms with Gasteiger partial charge in [-0.1, -0.05) is 23.7 Å². The maximum Gasteiger partial charge on any atom is 0.328 e. The molecule has 0 N–H and O–H groups in total. The predicted molar refractivity (Wildman–Crippen MR) is 113 cm³/mol. The number of carbonyl (C=O) groups excluding carboxylic acids is 3. The lowest BCUT2D eigenvalue weighted by atomic mass is 10.0. The van der Waals surface area contributed by atoms with Crippen LogP contribution in [0.15, 0.2) is 36.4 Å². The van der Waals surface area contributed by atoms with E-state index in [-0.39, 0.29) is 17.7 Å². The number of piperazine rings is 1. The lowest BCUT2D eigenvalue weighted by Crippen LogP contribution is -2.51. The second kappa shape index (κ2) is 9.52. The third-order valence-corrected chi connectivity index (χ3v) is 6.25. The second-order valence-corrected chi connectivity index (χ2v) is 8.27. The van der Waals surface area contributed by atoms with Crippen molar-refractivity contribution < 1.29 is 19.1 Å². The molecule has 3 rings (SSSR count). The maximum atomic E-state index is 12.8. The molecule has 1 aromatic heterocycles. The Labute approximate surface area is 179 Å². The van der Waals surface area contributed by atoms with Gasteiger partial charge in [0.15, 0.2) is 5.78 Å². The highest BCUT2D eigenvalue weighted by molar-refractivity contribution is 7.15. The van der Waals surface area contributed by atoms with Gasteiger partial charge in [-0.05, 0) is 43.7 Å². The number of benzene rings is 1. The number of amides is 1. The minimum Gasteiger partial charge on any atom is -0.465 e. The van der Waals surface area contributed by atoms with E-state index in [0.717, 1.165) is 5.56 Å². The summed E-state index contributed by atoms with van der Waals surface area (Å²) < 4.78 is 5.29. The number of ether oxygens (including phenoxy) is 1. The third kappa shape index (κ3) is 5.04. The molecule has 1 atom stereocenters. The summed E-state index contributed by atoms with van der Waals surface area (Å²) in [6.07, 6.45) is 0. The number of carbonyl (C=O) groups is 3. The van der Waals surface area contributed by atoms with Gasteiger partial charge in [0.25, 0.3) is 5.91 Å². The molecule has 0 saturated carbocycles. The largest absolute Gasteiger partial charge is 0.465 e. The van der Waals surface area contributed by atoms with E-state index in [0.29, 0.717) is 47.6 Å². The number of hydrogen-bond acceptors (Lipinski definition) is 6. The lowest BCUT2D eigenvalue weighted by Gasteiger charge is -2.38. The van der Waals surface area contributed by atoms with Crippen molar-refractivity contribution in [2.45, 2.75) is 19.9 Å². The van der Waals surface area contributed by atoms with Gasteiger partial charge in [-0.3, -0.25) is 14.5 Å². The Kier molecular flexibility index (Phi) is 7.05. The van der Waals surface area contributed by atoms with E-state index in [9.17, 15) is 14.4 Å². The quantitative estimate of drug-likeness (QED) is 0.512. The molecule has 0 bridgehead atoms. The summed E-state index contributed by atoms with van der Waals surface area (Å²) >= 11 is 7.20. The van der Waals surface area contributed by atoms with Crippen molar-refractivity contribution >= 4 is 40.6 Å². The van der Waals surface area contributed by atoms with Crippen LogP contribution in [0.25, 0.3) is 0 Å². The monoisotopic (exact) mass is 434 g/mol. The van der Waals surface area contributed by atoms with Crippen molar-refractivity contribution in [2.24, 2.45) is 0 Å². The number of thiophene rings is 1. The SMILES string of the molecule is CCOC(=O)C(c1ccc(Cl)cc1)N1CCN(C(=O)c2ccc(C(C)=O)s2)CC1. The smallest absolute Gasteiger partial charge is 0.328 e. The number of rotatable bonds is 6. The molecule has 0 aliphatic carbocycles. The Morgan fingerprint density at radius 1 is 1.03 bits per heavy atom. The molecule has 1 saturated heterocycles. The molecule has 0 spiro atoms. The van der Waals surface area contributed by atoms with Crippen molar-refractivity contribution in [1.29, 1.82) is 0 Å². The number of hydrogen-bond donors (Lipinski definition) is 0. The Balaban J connectivity index is 1.70. The Morgan fingerprint density at radius 3 is 2.21 bits per heavy atom. The van der Waals surface area contributed by atoms with Gasteiger partial charge < -0.3 is 9.64 Å². The second-order valence-electron chi connectivity index (χ2n) is 6.75. The van der Waals surface area contributed by atoms with Crippen LogP contribution in [0.5, 0.6) is 0 Å². The van der Waals surface area contributed by atoms with Crippen LogP contribution in [0.3, 0.4) is 0 Å². The normalized spacial score (nSPS) is 15.8. The van der Waals surface area contributed by atoms with Crippen LogP contribution in [0, 0.1) is 0 Å². The van der Waals surface area contributed by atoms with Crippen LogP contribution < -0.4 is 0 Å². The number of Topliss-reactive ketones (excluding diaryl/α,β-unsaturated/α-hetero) is 1. The van der Waals surface area contributed by atoms with E-state index in [2.05, 4.69) is 0 Å². The highest BCUT2D eigenvalue weighted by Gasteiger charge is 2.33. The number of ketones is 1. The first-order valence-electron chi connectivity index (χ1n) is 9.47. The minimum atomic E-state index is -0.532. The molecule has 2 aromatic rings. The van der Waals surface area contributed by atoms with Crippen LogP contribution in [0.1, 0.15) is 44.8 Å². The van der Waals surface area contributed by atoms with E-state index in [1.165, 1.54) is 18.3 Å². The van der Waals surface area contributed by atoms with Crippen molar-refractivity contribution in [3.05, 3.63) is 56.7 Å². The summed E-state index contributed by atoms with van der Waals surface area (Å²) in [5.41, 5.74) is 0.817. The Hall–Kier alpha value is -2.22. The van der Waals surface area contributed by atoms with Crippen LogP contribution in [0.2, 0.25) is 5.02 Å². The topological polar surface area (TPSA) is 66.9 Å². The van der Waals surface area contributed by atoms with Gasteiger partial charge in [0.05, 0.1) is 16.4 Å². The molecule has 8 heteroatoms. The van der Waals surface area contributed by atoms with Crippen LogP contribution >= 0.6 is 22.9 Å². The number of nitrogens with zero attached hydrogens (tertiary/aromatic N) is 2. The molecule has 154 valence electrons. The van der Waals surface area contributed by atoms with Gasteiger partial charge in [0.1, 0.15) is 6.04 Å². The van der Waals surface area contributed by atoms with E-state index >= 15 is 0 Å². The van der Waals surface area contributed by atoms with Crippen LogP contribution in [0.4, 0.5) is 0 Å². The first-order valence-corrected chi connectivity index (χ1v) is 10.7. The molecule has 1 aromatic carbocycles. The van der Waals surface area contributed by atoms with Crippen molar-refractivity contribution in [1.82, 2.24) is 9.80 Å². The minimum absolute atomic E-state index is 0.0425. The van der Waals surface area contributed by atoms with Crippen molar-refractivity contribution in [3.63, 3.8) is 0 Å². The van der Waals surface area contributed by atoms with Crippen LogP contribution in [-0.4, -0.2) is 60.2 Å². The van der Waals surface area contributed by atoms with Gasteiger partial charge >= 0.3 is 5.97 Å². The number of halogens is 1. The van der Waals surface area contributed by atoms with Gasteiger partial charge in [0.2, 0.25) is 0 Å². The zero-order valence-corrected chi connectivity index (χ0v) is 18.0. The molecule has 1 unspecified atom stereocenters. The fourth-order valence-electron chi connectivity index (χ4n) is 3.34. The Morgan fingerprint density at radius 2 is 1.66 bits per heavy atom. The van der Waals surface area contributed by atoms with E-state index in [4.69, 9.17) is 16.3 Å². The predicted octanol–water partition coefficient (Wildman–Crippen LogP) is 3.67. The summed E-state index contributed by atoms with van der Waals surface area (Å²) in [4.78, 5) is 41.8. The van der Waals surface area contributed by atoms with E-state index in [1.807, 2.05) is 17.0 Å². The molecule has 2 heterocycles.